The van der Waals surface area contributed by atoms with E-state index in [0.717, 1.165) is 0 Å². The molecule has 0 aromatic carbocycles. The Morgan fingerprint density at radius 3 is 2.50 bits per heavy atom. The molecule has 7 heteroatoms. The molecule has 1 unspecified atom stereocenters. The summed E-state index contributed by atoms with van der Waals surface area (Å²) in [7, 11) is -3.75. The lowest BCUT2D eigenvalue weighted by atomic mass is 10.1. The Kier molecular flexibility index (Phi) is 4.86. The average Bonchev–Trinajstić information content (AvgIpc) is 2.13. The van der Waals surface area contributed by atoms with E-state index in [9.17, 15) is 13.2 Å². The fraction of sp³-hybridized carbons (Fsp3) is 0.455. The Morgan fingerprint density at radius 1 is 1.44 bits per heavy atom. The number of carbonyl (C=O) groups is 1. The highest BCUT2D eigenvalue weighted by Gasteiger charge is 2.35. The lowest BCUT2D eigenvalue weighted by Gasteiger charge is -2.16. The maximum atomic E-state index is 12.1. The summed E-state index contributed by atoms with van der Waals surface area (Å²) >= 11 is 3.19. The standard InChI is InChI=1S/C11H14BrNO4S/c1-7(2)10(11(14)15)18(16,17)6-8-3-9(12)5-13-4-8/h3-5,7,10H,6H2,1-2H3,(H,14,15). The van der Waals surface area contributed by atoms with Crippen LogP contribution < -0.4 is 0 Å². The number of carboxylic acid groups (broad SMARTS) is 1. The summed E-state index contributed by atoms with van der Waals surface area (Å²) in [6.45, 7) is 3.16. The van der Waals surface area contributed by atoms with Crippen LogP contribution in [0.1, 0.15) is 19.4 Å². The summed E-state index contributed by atoms with van der Waals surface area (Å²) in [5.41, 5.74) is 0.469. The number of nitrogens with zero attached hydrogens (tertiary/aromatic N) is 1. The van der Waals surface area contributed by atoms with Crippen molar-refractivity contribution in [3.8, 4) is 0 Å². The molecule has 100 valence electrons. The molecule has 1 atom stereocenters. The van der Waals surface area contributed by atoms with Crippen LogP contribution in [0.25, 0.3) is 0 Å². The molecule has 1 N–H and O–H groups in total. The molecule has 0 saturated heterocycles. The van der Waals surface area contributed by atoms with Gasteiger partial charge in [-0.3, -0.25) is 9.78 Å². The van der Waals surface area contributed by atoms with Crippen LogP contribution in [0.5, 0.6) is 0 Å². The zero-order chi connectivity index (χ0) is 13.9. The van der Waals surface area contributed by atoms with Gasteiger partial charge >= 0.3 is 5.97 Å². The first-order valence-electron chi connectivity index (χ1n) is 5.28. The smallest absolute Gasteiger partial charge is 0.322 e. The molecule has 0 saturated carbocycles. The number of halogens is 1. The van der Waals surface area contributed by atoms with Crippen LogP contribution in [0.3, 0.4) is 0 Å². The van der Waals surface area contributed by atoms with Gasteiger partial charge in [0.2, 0.25) is 0 Å². The van der Waals surface area contributed by atoms with Gasteiger partial charge in [-0.25, -0.2) is 8.42 Å². The number of hydrogen-bond acceptors (Lipinski definition) is 4. The second kappa shape index (κ2) is 5.79. The molecule has 0 aliphatic heterocycles. The van der Waals surface area contributed by atoms with Gasteiger partial charge in [-0.1, -0.05) is 13.8 Å². The van der Waals surface area contributed by atoms with E-state index >= 15 is 0 Å². The molecule has 1 heterocycles. The molecule has 0 aliphatic rings. The van der Waals surface area contributed by atoms with Crippen LogP contribution in [-0.4, -0.2) is 29.7 Å². The molecule has 0 aliphatic carbocycles. The Hall–Kier alpha value is -0.950. The van der Waals surface area contributed by atoms with Crippen molar-refractivity contribution < 1.29 is 18.3 Å². The molecule has 0 radical (unpaired) electrons. The van der Waals surface area contributed by atoms with E-state index in [2.05, 4.69) is 20.9 Å². The van der Waals surface area contributed by atoms with Crippen molar-refractivity contribution >= 4 is 31.7 Å². The molecule has 0 spiro atoms. The van der Waals surface area contributed by atoms with Gasteiger partial charge in [0, 0.05) is 16.9 Å². The van der Waals surface area contributed by atoms with E-state index in [1.54, 1.807) is 19.9 Å². The van der Waals surface area contributed by atoms with Gasteiger partial charge in [0.15, 0.2) is 15.1 Å². The molecule has 0 fully saturated rings. The van der Waals surface area contributed by atoms with Gasteiger partial charge in [0.25, 0.3) is 0 Å². The van der Waals surface area contributed by atoms with Gasteiger partial charge in [-0.15, -0.1) is 0 Å². The first-order valence-corrected chi connectivity index (χ1v) is 7.78. The minimum atomic E-state index is -3.75. The number of aromatic nitrogens is 1. The fourth-order valence-electron chi connectivity index (χ4n) is 1.71. The van der Waals surface area contributed by atoms with Crippen molar-refractivity contribution in [3.63, 3.8) is 0 Å². The highest BCUT2D eigenvalue weighted by Crippen LogP contribution is 2.19. The van der Waals surface area contributed by atoms with Gasteiger partial charge in [0.05, 0.1) is 5.75 Å². The third kappa shape index (κ3) is 3.78. The molecular formula is C11H14BrNO4S. The molecule has 1 aromatic heterocycles. The molecule has 5 nitrogen and oxygen atoms in total. The summed E-state index contributed by atoms with van der Waals surface area (Å²) in [6.07, 6.45) is 2.95. The SMILES string of the molecule is CC(C)C(C(=O)O)S(=O)(=O)Cc1cncc(Br)c1. The third-order valence-corrected chi connectivity index (χ3v) is 5.05. The maximum Gasteiger partial charge on any atom is 0.322 e. The van der Waals surface area contributed by atoms with Crippen LogP contribution in [0.15, 0.2) is 22.9 Å². The minimum absolute atomic E-state index is 0.325. The van der Waals surface area contributed by atoms with Crippen molar-refractivity contribution in [2.75, 3.05) is 0 Å². The lowest BCUT2D eigenvalue weighted by Crippen LogP contribution is -2.35. The van der Waals surface area contributed by atoms with Gasteiger partial charge in [0.1, 0.15) is 0 Å². The second-order valence-electron chi connectivity index (χ2n) is 4.32. The zero-order valence-electron chi connectivity index (χ0n) is 10.00. The summed E-state index contributed by atoms with van der Waals surface area (Å²) in [6, 6.07) is 1.61. The molecule has 0 bridgehead atoms. The van der Waals surface area contributed by atoms with E-state index in [1.165, 1.54) is 12.4 Å². The Balaban J connectivity index is 3.04. The van der Waals surface area contributed by atoms with Crippen molar-refractivity contribution in [2.24, 2.45) is 5.92 Å². The average molecular weight is 336 g/mol. The molecule has 0 amide bonds. The minimum Gasteiger partial charge on any atom is -0.480 e. The van der Waals surface area contributed by atoms with Crippen LogP contribution in [0, 0.1) is 5.92 Å². The van der Waals surface area contributed by atoms with Crippen LogP contribution >= 0.6 is 15.9 Å². The molecule has 1 aromatic rings. The first-order chi connectivity index (χ1) is 8.24. The monoisotopic (exact) mass is 335 g/mol. The van der Waals surface area contributed by atoms with Gasteiger partial charge in [-0.05, 0) is 33.5 Å². The number of rotatable bonds is 5. The van der Waals surface area contributed by atoms with Gasteiger partial charge in [-0.2, -0.15) is 0 Å². The molecular weight excluding hydrogens is 322 g/mol. The van der Waals surface area contributed by atoms with Crippen LogP contribution in [0.4, 0.5) is 0 Å². The zero-order valence-corrected chi connectivity index (χ0v) is 12.4. The van der Waals surface area contributed by atoms with Crippen molar-refractivity contribution in [3.05, 3.63) is 28.5 Å². The number of hydrogen-bond donors (Lipinski definition) is 1. The van der Waals surface area contributed by atoms with Crippen molar-refractivity contribution in [1.82, 2.24) is 4.98 Å². The topological polar surface area (TPSA) is 84.3 Å². The summed E-state index contributed by atoms with van der Waals surface area (Å²) in [5, 5.41) is 7.62. The Bertz CT molecular complexity index is 542. The van der Waals surface area contributed by atoms with Crippen LogP contribution in [-0.2, 0) is 20.4 Å². The van der Waals surface area contributed by atoms with E-state index in [0.29, 0.717) is 10.0 Å². The number of aliphatic carboxylic acids is 1. The summed E-state index contributed by atoms with van der Waals surface area (Å²) in [5.74, 6) is -2.12. The molecule has 1 rings (SSSR count). The van der Waals surface area contributed by atoms with E-state index in [1.807, 2.05) is 0 Å². The lowest BCUT2D eigenvalue weighted by molar-refractivity contribution is -0.137. The largest absolute Gasteiger partial charge is 0.480 e. The third-order valence-electron chi connectivity index (χ3n) is 2.37. The van der Waals surface area contributed by atoms with E-state index in [4.69, 9.17) is 5.11 Å². The maximum absolute atomic E-state index is 12.1. The Morgan fingerprint density at radius 2 is 2.06 bits per heavy atom. The normalized spacial score (nSPS) is 13.6. The summed E-state index contributed by atoms with van der Waals surface area (Å²) in [4.78, 5) is 14.9. The Labute approximate surface area is 114 Å². The van der Waals surface area contributed by atoms with E-state index < -0.39 is 27.0 Å². The predicted octanol–water partition coefficient (Wildman–Crippen LogP) is 1.87. The van der Waals surface area contributed by atoms with Crippen molar-refractivity contribution in [2.45, 2.75) is 24.9 Å². The quantitative estimate of drug-likeness (QED) is 0.887. The van der Waals surface area contributed by atoms with E-state index in [-0.39, 0.29) is 5.75 Å². The number of carboxylic acids is 1. The second-order valence-corrected chi connectivity index (χ2v) is 7.36. The predicted molar refractivity (Wildman–Crippen MR) is 70.8 cm³/mol. The highest BCUT2D eigenvalue weighted by atomic mass is 79.9. The van der Waals surface area contributed by atoms with Crippen molar-refractivity contribution in [1.29, 1.82) is 0 Å². The number of sulfone groups is 1. The number of pyridine rings is 1. The van der Waals surface area contributed by atoms with Crippen LogP contribution in [0.2, 0.25) is 0 Å². The first kappa shape index (κ1) is 15.1. The summed E-state index contributed by atoms with van der Waals surface area (Å²) < 4.78 is 24.8. The fourth-order valence-corrected chi connectivity index (χ4v) is 4.06. The highest BCUT2D eigenvalue weighted by molar-refractivity contribution is 9.10. The van der Waals surface area contributed by atoms with Gasteiger partial charge < -0.3 is 5.11 Å². The molecule has 18 heavy (non-hydrogen) atoms.